The quantitative estimate of drug-likeness (QED) is 0.619. The first-order chi connectivity index (χ1) is 11.4. The molecule has 2 aromatic rings. The van der Waals surface area contributed by atoms with Crippen LogP contribution in [0.25, 0.3) is 0 Å². The van der Waals surface area contributed by atoms with Gasteiger partial charge in [-0.3, -0.25) is 5.01 Å². The maximum atomic E-state index is 11.5. The highest BCUT2D eigenvalue weighted by atomic mass is 127. The number of anilines is 1. The van der Waals surface area contributed by atoms with Gasteiger partial charge in [-0.05, 0) is 58.5 Å². The third kappa shape index (κ3) is 3.25. The first kappa shape index (κ1) is 17.5. The molecule has 0 fully saturated rings. The fourth-order valence-electron chi connectivity index (χ4n) is 2.83. The van der Waals surface area contributed by atoms with Crippen LogP contribution >= 0.6 is 45.8 Å². The summed E-state index contributed by atoms with van der Waals surface area (Å²) in [6, 6.07) is 12.8. The van der Waals surface area contributed by atoms with E-state index in [1.165, 1.54) is 0 Å². The molecular formula is C17H13Cl2IN2O2. The van der Waals surface area contributed by atoms with Gasteiger partial charge in [-0.2, -0.15) is 5.10 Å². The Labute approximate surface area is 163 Å². The van der Waals surface area contributed by atoms with Gasteiger partial charge in [-0.15, -0.1) is 0 Å². The van der Waals surface area contributed by atoms with Crippen molar-refractivity contribution in [1.82, 2.24) is 0 Å². The summed E-state index contributed by atoms with van der Waals surface area (Å²) in [5.74, 6) is -1.31. The van der Waals surface area contributed by atoms with E-state index in [-0.39, 0.29) is 17.7 Å². The maximum absolute atomic E-state index is 11.5. The van der Waals surface area contributed by atoms with Crippen molar-refractivity contribution in [2.75, 3.05) is 5.01 Å². The number of carboxylic acid groups (broad SMARTS) is 1. The number of hydrogen-bond donors (Lipinski definition) is 1. The lowest BCUT2D eigenvalue weighted by molar-refractivity contribution is -0.129. The van der Waals surface area contributed by atoms with Crippen molar-refractivity contribution in [3.63, 3.8) is 0 Å². The average molecular weight is 475 g/mol. The predicted molar refractivity (Wildman–Crippen MR) is 105 cm³/mol. The number of benzene rings is 2. The first-order valence-corrected chi connectivity index (χ1v) is 9.03. The van der Waals surface area contributed by atoms with Gasteiger partial charge < -0.3 is 5.11 Å². The Morgan fingerprint density at radius 1 is 1.21 bits per heavy atom. The summed E-state index contributed by atoms with van der Waals surface area (Å²) in [5.41, 5.74) is 1.73. The van der Waals surface area contributed by atoms with E-state index in [2.05, 4.69) is 27.7 Å². The normalized spacial score (nSPS) is 20.2. The second-order valence-electron chi connectivity index (χ2n) is 5.52. The van der Waals surface area contributed by atoms with Crippen LogP contribution in [0, 0.1) is 9.49 Å². The van der Waals surface area contributed by atoms with Crippen LogP contribution in [-0.2, 0) is 4.79 Å². The van der Waals surface area contributed by atoms with Gasteiger partial charge in [0.1, 0.15) is 0 Å². The summed E-state index contributed by atoms with van der Waals surface area (Å²) in [7, 11) is 0. The van der Waals surface area contributed by atoms with Crippen LogP contribution in [0.1, 0.15) is 18.5 Å². The molecule has 0 bridgehead atoms. The summed E-state index contributed by atoms with van der Waals surface area (Å²) in [5, 5.41) is 16.4. The summed E-state index contributed by atoms with van der Waals surface area (Å²) in [6.07, 6.45) is 0. The molecule has 3 rings (SSSR count). The van der Waals surface area contributed by atoms with Crippen molar-refractivity contribution in [3.05, 3.63) is 61.6 Å². The minimum absolute atomic E-state index is 0.115. The molecule has 1 N–H and O–H groups in total. The summed E-state index contributed by atoms with van der Waals surface area (Å²) in [4.78, 5) is 11.5. The van der Waals surface area contributed by atoms with Gasteiger partial charge in [0.15, 0.2) is 5.71 Å². The Morgan fingerprint density at radius 2 is 1.88 bits per heavy atom. The van der Waals surface area contributed by atoms with E-state index < -0.39 is 5.97 Å². The Balaban J connectivity index is 2.11. The zero-order valence-corrected chi connectivity index (χ0v) is 16.2. The molecular weight excluding hydrogens is 462 g/mol. The molecule has 24 heavy (non-hydrogen) atoms. The van der Waals surface area contributed by atoms with E-state index in [0.29, 0.717) is 15.7 Å². The molecule has 0 spiro atoms. The van der Waals surface area contributed by atoms with Crippen molar-refractivity contribution >= 4 is 63.2 Å². The number of carbonyl (C=O) groups is 1. The number of aliphatic carboxylic acids is 1. The van der Waals surface area contributed by atoms with Crippen LogP contribution in [0.4, 0.5) is 5.69 Å². The van der Waals surface area contributed by atoms with E-state index >= 15 is 0 Å². The topological polar surface area (TPSA) is 52.9 Å². The molecule has 0 amide bonds. The van der Waals surface area contributed by atoms with Gasteiger partial charge in [-0.1, -0.05) is 42.3 Å². The fraction of sp³-hybridized carbons (Fsp3) is 0.176. The minimum atomic E-state index is -1.02. The van der Waals surface area contributed by atoms with E-state index in [4.69, 9.17) is 23.2 Å². The molecule has 4 nitrogen and oxygen atoms in total. The zero-order valence-electron chi connectivity index (χ0n) is 12.6. The second-order valence-corrected chi connectivity index (χ2v) is 7.61. The molecule has 1 aliphatic rings. The molecule has 2 atom stereocenters. The third-order valence-electron chi connectivity index (χ3n) is 3.97. The van der Waals surface area contributed by atoms with Crippen molar-refractivity contribution in [3.8, 4) is 0 Å². The van der Waals surface area contributed by atoms with Crippen molar-refractivity contribution < 1.29 is 9.90 Å². The summed E-state index contributed by atoms with van der Waals surface area (Å²) >= 11 is 14.5. The van der Waals surface area contributed by atoms with Crippen LogP contribution in [-0.4, -0.2) is 16.8 Å². The van der Waals surface area contributed by atoms with Gasteiger partial charge in [-0.25, -0.2) is 4.79 Å². The van der Waals surface area contributed by atoms with Gasteiger partial charge in [0.05, 0.1) is 16.8 Å². The summed E-state index contributed by atoms with van der Waals surface area (Å²) in [6.45, 7) is 1.86. The molecule has 0 radical (unpaired) electrons. The maximum Gasteiger partial charge on any atom is 0.352 e. The number of rotatable bonds is 3. The largest absolute Gasteiger partial charge is 0.477 e. The molecule has 0 aromatic heterocycles. The van der Waals surface area contributed by atoms with E-state index in [1.54, 1.807) is 23.2 Å². The molecule has 1 aliphatic heterocycles. The van der Waals surface area contributed by atoms with Crippen LogP contribution in [0.5, 0.6) is 0 Å². The second kappa shape index (κ2) is 6.90. The molecule has 7 heteroatoms. The van der Waals surface area contributed by atoms with Crippen molar-refractivity contribution in [1.29, 1.82) is 0 Å². The fourth-order valence-corrected chi connectivity index (χ4v) is 3.68. The van der Waals surface area contributed by atoms with Crippen molar-refractivity contribution in [2.24, 2.45) is 11.0 Å². The minimum Gasteiger partial charge on any atom is -0.477 e. The lowest BCUT2D eigenvalue weighted by Crippen LogP contribution is -2.26. The number of hydrogen-bond acceptors (Lipinski definition) is 3. The number of carboxylic acids is 1. The van der Waals surface area contributed by atoms with Crippen LogP contribution in [0.15, 0.2) is 47.6 Å². The number of halogens is 3. The molecule has 0 aliphatic carbocycles. The molecule has 124 valence electrons. The molecule has 1 heterocycles. The summed E-state index contributed by atoms with van der Waals surface area (Å²) < 4.78 is 1.11. The Kier molecular flexibility index (Phi) is 5.03. The molecule has 0 saturated carbocycles. The van der Waals surface area contributed by atoms with Crippen LogP contribution < -0.4 is 5.01 Å². The SMILES string of the molecule is CC1C(C(=O)O)=NN(c2ccc(Cl)cc2Cl)C1c1ccc(I)cc1. The van der Waals surface area contributed by atoms with Gasteiger partial charge >= 0.3 is 5.97 Å². The van der Waals surface area contributed by atoms with Gasteiger partial charge in [0, 0.05) is 14.5 Å². The smallest absolute Gasteiger partial charge is 0.352 e. The third-order valence-corrected chi connectivity index (χ3v) is 5.23. The standard InChI is InChI=1S/C17H13Cl2IN2O2/c1-9-15(17(23)24)21-22(14-7-4-11(18)8-13(14)19)16(9)10-2-5-12(20)6-3-10/h2-9,16H,1H3,(H,23,24). The van der Waals surface area contributed by atoms with Gasteiger partial charge in [0.25, 0.3) is 0 Å². The highest BCUT2D eigenvalue weighted by Gasteiger charge is 2.39. The van der Waals surface area contributed by atoms with Gasteiger partial charge in [0.2, 0.25) is 0 Å². The van der Waals surface area contributed by atoms with Crippen molar-refractivity contribution in [2.45, 2.75) is 13.0 Å². The lowest BCUT2D eigenvalue weighted by atomic mass is 9.91. The van der Waals surface area contributed by atoms with Crippen LogP contribution in [0.2, 0.25) is 10.0 Å². The highest BCUT2D eigenvalue weighted by molar-refractivity contribution is 14.1. The Hall–Kier alpha value is -1.31. The lowest BCUT2D eigenvalue weighted by Gasteiger charge is -2.27. The van der Waals surface area contributed by atoms with E-state index in [0.717, 1.165) is 9.13 Å². The number of nitrogens with zero attached hydrogens (tertiary/aromatic N) is 2. The highest BCUT2D eigenvalue weighted by Crippen LogP contribution is 2.42. The zero-order chi connectivity index (χ0) is 17.4. The van der Waals surface area contributed by atoms with E-state index in [1.807, 2.05) is 31.2 Å². The Morgan fingerprint density at radius 3 is 2.46 bits per heavy atom. The molecule has 2 unspecified atom stereocenters. The molecule has 2 aromatic carbocycles. The average Bonchev–Trinajstić information content (AvgIpc) is 2.86. The number of hydrazone groups is 1. The van der Waals surface area contributed by atoms with Crippen LogP contribution in [0.3, 0.4) is 0 Å². The molecule has 0 saturated heterocycles. The predicted octanol–water partition coefficient (Wildman–Crippen LogP) is 5.24. The Bertz CT molecular complexity index is 824. The monoisotopic (exact) mass is 474 g/mol. The van der Waals surface area contributed by atoms with E-state index in [9.17, 15) is 9.90 Å². The first-order valence-electron chi connectivity index (χ1n) is 7.20.